The van der Waals surface area contributed by atoms with Crippen LogP contribution in [-0.4, -0.2) is 27.5 Å². The molecule has 1 atom stereocenters. The van der Waals surface area contributed by atoms with Gasteiger partial charge < -0.3 is 10.1 Å². The largest absolute Gasteiger partial charge is 0.449 e. The molecule has 0 radical (unpaired) electrons. The van der Waals surface area contributed by atoms with Gasteiger partial charge in [-0.15, -0.1) is 11.3 Å². The summed E-state index contributed by atoms with van der Waals surface area (Å²) in [6, 6.07) is 4.67. The standard InChI is InChI=1S/C21H19F2N3O3S/c1-12-10-15(13(2)26(12)21-24-8-9-30-21)4-7-19(27)29-14(3)20(28)25-18-6-5-16(22)11-17(18)23/h4-11,14H,1-3H3,(H,25,28)/b7-4+. The molecule has 0 spiro atoms. The Kier molecular flexibility index (Phi) is 6.41. The van der Waals surface area contributed by atoms with E-state index in [-0.39, 0.29) is 5.69 Å². The fourth-order valence-electron chi connectivity index (χ4n) is 2.83. The second kappa shape index (κ2) is 9.00. The van der Waals surface area contributed by atoms with Crippen LogP contribution < -0.4 is 5.32 Å². The molecule has 0 fully saturated rings. The van der Waals surface area contributed by atoms with Gasteiger partial charge in [-0.1, -0.05) is 0 Å². The van der Waals surface area contributed by atoms with Crippen molar-refractivity contribution in [2.24, 2.45) is 0 Å². The minimum atomic E-state index is -1.17. The van der Waals surface area contributed by atoms with Gasteiger partial charge in [-0.3, -0.25) is 9.36 Å². The summed E-state index contributed by atoms with van der Waals surface area (Å²) in [7, 11) is 0. The summed E-state index contributed by atoms with van der Waals surface area (Å²) in [6.45, 7) is 5.20. The van der Waals surface area contributed by atoms with Crippen LogP contribution in [0.4, 0.5) is 14.5 Å². The smallest absolute Gasteiger partial charge is 0.331 e. The molecule has 6 nitrogen and oxygen atoms in total. The number of hydrogen-bond acceptors (Lipinski definition) is 5. The third-order valence-corrected chi connectivity index (χ3v) is 5.09. The Morgan fingerprint density at radius 1 is 1.27 bits per heavy atom. The van der Waals surface area contributed by atoms with E-state index < -0.39 is 29.6 Å². The number of nitrogens with one attached hydrogen (secondary N) is 1. The van der Waals surface area contributed by atoms with Gasteiger partial charge in [-0.05, 0) is 50.6 Å². The van der Waals surface area contributed by atoms with Crippen molar-refractivity contribution in [1.29, 1.82) is 0 Å². The monoisotopic (exact) mass is 431 g/mol. The maximum atomic E-state index is 13.6. The van der Waals surface area contributed by atoms with Gasteiger partial charge in [0.15, 0.2) is 11.2 Å². The number of halogens is 2. The Morgan fingerprint density at radius 2 is 2.03 bits per heavy atom. The summed E-state index contributed by atoms with van der Waals surface area (Å²) >= 11 is 1.50. The van der Waals surface area contributed by atoms with E-state index in [4.69, 9.17) is 4.74 Å². The highest BCUT2D eigenvalue weighted by Gasteiger charge is 2.18. The highest BCUT2D eigenvalue weighted by Crippen LogP contribution is 2.23. The molecule has 9 heteroatoms. The van der Waals surface area contributed by atoms with Crippen LogP contribution in [0.3, 0.4) is 0 Å². The number of nitrogens with zero attached hydrogens (tertiary/aromatic N) is 2. The number of rotatable bonds is 6. The summed E-state index contributed by atoms with van der Waals surface area (Å²) < 4.78 is 33.6. The molecule has 1 aromatic carbocycles. The SMILES string of the molecule is Cc1cc(/C=C/C(=O)OC(C)C(=O)Nc2ccc(F)cc2F)c(C)n1-c1nccs1. The highest BCUT2D eigenvalue weighted by atomic mass is 32.1. The lowest BCUT2D eigenvalue weighted by molar-refractivity contribution is -0.148. The van der Waals surface area contributed by atoms with Crippen molar-refractivity contribution in [2.45, 2.75) is 26.9 Å². The van der Waals surface area contributed by atoms with Crippen LogP contribution in [-0.2, 0) is 14.3 Å². The predicted molar refractivity (Wildman–Crippen MR) is 110 cm³/mol. The average molecular weight is 431 g/mol. The summed E-state index contributed by atoms with van der Waals surface area (Å²) in [5.74, 6) is -3.14. The van der Waals surface area contributed by atoms with E-state index in [1.807, 2.05) is 29.9 Å². The highest BCUT2D eigenvalue weighted by molar-refractivity contribution is 7.12. The maximum absolute atomic E-state index is 13.6. The molecule has 30 heavy (non-hydrogen) atoms. The molecular weight excluding hydrogens is 412 g/mol. The van der Waals surface area contributed by atoms with Gasteiger partial charge in [0.05, 0.1) is 5.69 Å². The second-order valence-corrected chi connectivity index (χ2v) is 7.38. The normalized spacial score (nSPS) is 12.2. The number of thiazole rings is 1. The Balaban J connectivity index is 1.63. The fraction of sp³-hybridized carbons (Fsp3) is 0.190. The molecule has 1 unspecified atom stereocenters. The number of ether oxygens (including phenoxy) is 1. The topological polar surface area (TPSA) is 73.2 Å². The van der Waals surface area contributed by atoms with Crippen molar-refractivity contribution in [3.05, 3.63) is 70.5 Å². The van der Waals surface area contributed by atoms with E-state index in [1.54, 1.807) is 12.3 Å². The number of carbonyl (C=O) groups is 2. The lowest BCUT2D eigenvalue weighted by atomic mass is 10.2. The van der Waals surface area contributed by atoms with Crippen molar-refractivity contribution < 1.29 is 23.1 Å². The van der Waals surface area contributed by atoms with E-state index in [2.05, 4.69) is 10.3 Å². The van der Waals surface area contributed by atoms with Gasteiger partial charge in [-0.2, -0.15) is 0 Å². The first-order valence-corrected chi connectivity index (χ1v) is 9.87. The maximum Gasteiger partial charge on any atom is 0.331 e. The van der Waals surface area contributed by atoms with Crippen LogP contribution in [0, 0.1) is 25.5 Å². The number of aromatic nitrogens is 2. The first-order chi connectivity index (χ1) is 14.3. The van der Waals surface area contributed by atoms with Crippen molar-refractivity contribution in [1.82, 2.24) is 9.55 Å². The molecule has 2 aromatic heterocycles. The zero-order chi connectivity index (χ0) is 21.8. The number of aryl methyl sites for hydroxylation is 1. The van der Waals surface area contributed by atoms with Crippen molar-refractivity contribution in [3.63, 3.8) is 0 Å². The van der Waals surface area contributed by atoms with Gasteiger partial charge in [-0.25, -0.2) is 18.6 Å². The third kappa shape index (κ3) is 4.80. The quantitative estimate of drug-likeness (QED) is 0.463. The number of amides is 1. The van der Waals surface area contributed by atoms with E-state index in [9.17, 15) is 18.4 Å². The Morgan fingerprint density at radius 3 is 2.70 bits per heavy atom. The molecule has 3 rings (SSSR count). The number of carbonyl (C=O) groups excluding carboxylic acids is 2. The molecule has 3 aromatic rings. The minimum absolute atomic E-state index is 0.200. The first-order valence-electron chi connectivity index (χ1n) is 8.99. The summed E-state index contributed by atoms with van der Waals surface area (Å²) in [5.41, 5.74) is 2.48. The van der Waals surface area contributed by atoms with E-state index in [0.717, 1.165) is 34.2 Å². The predicted octanol–water partition coefficient (Wildman–Crippen LogP) is 4.41. The molecule has 0 aliphatic carbocycles. The average Bonchev–Trinajstić information content (AvgIpc) is 3.30. The summed E-state index contributed by atoms with van der Waals surface area (Å²) in [6.07, 6.45) is 3.36. The molecule has 0 bridgehead atoms. The van der Waals surface area contributed by atoms with Crippen molar-refractivity contribution >= 4 is 35.0 Å². The fourth-order valence-corrected chi connectivity index (χ4v) is 3.58. The third-order valence-electron chi connectivity index (χ3n) is 4.33. The molecule has 0 aliphatic heterocycles. The number of anilines is 1. The van der Waals surface area contributed by atoms with Crippen LogP contribution in [0.25, 0.3) is 11.2 Å². The van der Waals surface area contributed by atoms with Crippen LogP contribution in [0.1, 0.15) is 23.9 Å². The Bertz CT molecular complexity index is 1110. The van der Waals surface area contributed by atoms with Crippen LogP contribution in [0.15, 0.2) is 41.9 Å². The summed E-state index contributed by atoms with van der Waals surface area (Å²) in [5, 5.41) is 4.97. The molecule has 1 amide bonds. The van der Waals surface area contributed by atoms with Gasteiger partial charge in [0, 0.05) is 35.1 Å². The molecule has 1 N–H and O–H groups in total. The van der Waals surface area contributed by atoms with Gasteiger partial charge in [0.25, 0.3) is 5.91 Å². The van der Waals surface area contributed by atoms with E-state index >= 15 is 0 Å². The van der Waals surface area contributed by atoms with Crippen LogP contribution in [0.5, 0.6) is 0 Å². The van der Waals surface area contributed by atoms with Gasteiger partial charge >= 0.3 is 5.97 Å². The lowest BCUT2D eigenvalue weighted by Crippen LogP contribution is -2.29. The zero-order valence-corrected chi connectivity index (χ0v) is 17.3. The van der Waals surface area contributed by atoms with E-state index in [0.29, 0.717) is 6.07 Å². The number of benzene rings is 1. The van der Waals surface area contributed by atoms with Crippen molar-refractivity contribution in [3.8, 4) is 5.13 Å². The van der Waals surface area contributed by atoms with E-state index in [1.165, 1.54) is 24.3 Å². The number of hydrogen-bond donors (Lipinski definition) is 1. The molecule has 156 valence electrons. The first kappa shape index (κ1) is 21.4. The summed E-state index contributed by atoms with van der Waals surface area (Å²) in [4.78, 5) is 28.5. The van der Waals surface area contributed by atoms with Crippen molar-refractivity contribution in [2.75, 3.05) is 5.32 Å². The molecule has 0 saturated heterocycles. The zero-order valence-electron chi connectivity index (χ0n) is 16.5. The van der Waals surface area contributed by atoms with Crippen LogP contribution in [0.2, 0.25) is 0 Å². The lowest BCUT2D eigenvalue weighted by Gasteiger charge is -2.12. The van der Waals surface area contributed by atoms with Gasteiger partial charge in [0.1, 0.15) is 11.6 Å². The Labute approximate surface area is 175 Å². The second-order valence-electron chi connectivity index (χ2n) is 6.50. The van der Waals surface area contributed by atoms with Crippen LogP contribution >= 0.6 is 11.3 Å². The number of esters is 1. The minimum Gasteiger partial charge on any atom is -0.449 e. The van der Waals surface area contributed by atoms with Gasteiger partial charge in [0.2, 0.25) is 0 Å². The molecule has 0 saturated carbocycles. The molecule has 2 heterocycles. The molecular formula is C21H19F2N3O3S. The molecule has 0 aliphatic rings. The Hall–Kier alpha value is -3.33.